The van der Waals surface area contributed by atoms with E-state index in [1.54, 1.807) is 27.7 Å². The van der Waals surface area contributed by atoms with Crippen molar-refractivity contribution in [2.45, 2.75) is 59.0 Å². The van der Waals surface area contributed by atoms with E-state index in [4.69, 9.17) is 24.4 Å². The van der Waals surface area contributed by atoms with E-state index in [1.807, 2.05) is 30.3 Å². The number of ether oxygens (including phenoxy) is 2. The van der Waals surface area contributed by atoms with Gasteiger partial charge in [0.1, 0.15) is 5.60 Å². The van der Waals surface area contributed by atoms with E-state index in [0.29, 0.717) is 0 Å². The number of rotatable bonds is 9. The van der Waals surface area contributed by atoms with Crippen molar-refractivity contribution in [1.29, 1.82) is 0 Å². The second-order valence-electron chi connectivity index (χ2n) is 7.27. The molecule has 0 fully saturated rings. The molecule has 2 unspecified atom stereocenters. The fourth-order valence-corrected chi connectivity index (χ4v) is 2.45. The maximum Gasteiger partial charge on any atom is 0.509 e. The molecule has 7 nitrogen and oxygen atoms in total. The van der Waals surface area contributed by atoms with Gasteiger partial charge in [0.25, 0.3) is 5.79 Å². The average Bonchev–Trinajstić information content (AvgIpc) is 2.54. The van der Waals surface area contributed by atoms with E-state index < -0.39 is 29.6 Å². The molecule has 7 heteroatoms. The van der Waals surface area contributed by atoms with Gasteiger partial charge in [-0.05, 0) is 32.3 Å². The van der Waals surface area contributed by atoms with E-state index in [0.717, 1.165) is 5.56 Å². The fraction of sp³-hybridized carbons (Fsp3) is 0.500. The molecule has 0 aliphatic carbocycles. The lowest BCUT2D eigenvalue weighted by Gasteiger charge is -2.37. The van der Waals surface area contributed by atoms with Crippen LogP contribution in [0.4, 0.5) is 4.79 Å². The van der Waals surface area contributed by atoms with Crippen molar-refractivity contribution in [2.24, 2.45) is 5.92 Å². The van der Waals surface area contributed by atoms with Gasteiger partial charge in [-0.15, -0.1) is 0 Å². The number of hydrogen-bond donors (Lipinski definition) is 1. The smallest absolute Gasteiger partial charge is 0.450 e. The Morgan fingerprint density at radius 3 is 2.07 bits per heavy atom. The zero-order valence-electron chi connectivity index (χ0n) is 16.6. The van der Waals surface area contributed by atoms with Gasteiger partial charge in [-0.25, -0.2) is 19.4 Å². The molecule has 0 saturated carbocycles. The highest BCUT2D eigenvalue weighted by Gasteiger charge is 2.47. The third-order valence-corrected chi connectivity index (χ3v) is 3.89. The predicted molar refractivity (Wildman–Crippen MR) is 98.7 cm³/mol. The molecule has 1 rings (SSSR count). The SMILES string of the molecule is C=C(C)C(=O)OC(C)(OC(=O)O)C(OOC(C)(C)c1ccccc1)C(C)C. The van der Waals surface area contributed by atoms with E-state index in [9.17, 15) is 9.59 Å². The largest absolute Gasteiger partial charge is 0.509 e. The monoisotopic (exact) mass is 380 g/mol. The topological polar surface area (TPSA) is 91.3 Å². The van der Waals surface area contributed by atoms with Gasteiger partial charge in [0.15, 0.2) is 6.10 Å². The molecule has 0 spiro atoms. The van der Waals surface area contributed by atoms with Crippen molar-refractivity contribution < 1.29 is 33.9 Å². The van der Waals surface area contributed by atoms with Crippen molar-refractivity contribution in [2.75, 3.05) is 0 Å². The van der Waals surface area contributed by atoms with Crippen LogP contribution in [0.2, 0.25) is 0 Å². The quantitative estimate of drug-likeness (QED) is 0.223. The Morgan fingerprint density at radius 2 is 1.63 bits per heavy atom. The predicted octanol–water partition coefficient (Wildman–Crippen LogP) is 4.42. The van der Waals surface area contributed by atoms with Gasteiger partial charge in [-0.1, -0.05) is 50.8 Å². The van der Waals surface area contributed by atoms with Crippen molar-refractivity contribution in [3.05, 3.63) is 48.0 Å². The van der Waals surface area contributed by atoms with Gasteiger partial charge in [0.05, 0.1) is 0 Å². The Morgan fingerprint density at radius 1 is 1.07 bits per heavy atom. The van der Waals surface area contributed by atoms with Crippen molar-refractivity contribution in [1.82, 2.24) is 0 Å². The van der Waals surface area contributed by atoms with Crippen LogP contribution in [0.5, 0.6) is 0 Å². The molecule has 2 atom stereocenters. The molecule has 0 bridgehead atoms. The summed E-state index contributed by atoms with van der Waals surface area (Å²) in [4.78, 5) is 34.4. The van der Waals surface area contributed by atoms with Crippen molar-refractivity contribution in [3.63, 3.8) is 0 Å². The molecule has 150 valence electrons. The number of carbonyl (C=O) groups excluding carboxylic acids is 1. The lowest BCUT2D eigenvalue weighted by molar-refractivity contribution is -0.425. The van der Waals surface area contributed by atoms with E-state index in [2.05, 4.69) is 6.58 Å². The van der Waals surface area contributed by atoms with Gasteiger partial charge < -0.3 is 14.6 Å². The summed E-state index contributed by atoms with van der Waals surface area (Å²) in [5.74, 6) is -3.03. The molecule has 0 heterocycles. The molecular weight excluding hydrogens is 352 g/mol. The highest BCUT2D eigenvalue weighted by Crippen LogP contribution is 2.32. The van der Waals surface area contributed by atoms with E-state index in [1.165, 1.54) is 13.8 Å². The molecule has 1 aromatic carbocycles. The third kappa shape index (κ3) is 6.37. The Hall–Kier alpha value is -2.38. The second-order valence-corrected chi connectivity index (χ2v) is 7.27. The molecule has 0 aromatic heterocycles. The fourth-order valence-electron chi connectivity index (χ4n) is 2.45. The van der Waals surface area contributed by atoms with Crippen LogP contribution in [0.25, 0.3) is 0 Å². The third-order valence-electron chi connectivity index (χ3n) is 3.89. The molecule has 0 saturated heterocycles. The highest BCUT2D eigenvalue weighted by molar-refractivity contribution is 5.87. The van der Waals surface area contributed by atoms with E-state index >= 15 is 0 Å². The zero-order chi connectivity index (χ0) is 20.8. The minimum absolute atomic E-state index is 0.100. The Bertz CT molecular complexity index is 666. The molecule has 27 heavy (non-hydrogen) atoms. The molecule has 1 aromatic rings. The van der Waals surface area contributed by atoms with E-state index in [-0.39, 0.29) is 11.5 Å². The lowest BCUT2D eigenvalue weighted by Crippen LogP contribution is -2.51. The van der Waals surface area contributed by atoms with Crippen LogP contribution in [0.15, 0.2) is 42.5 Å². The first kappa shape index (κ1) is 22.7. The number of benzene rings is 1. The summed E-state index contributed by atoms with van der Waals surface area (Å²) in [5.41, 5.74) is 0.118. The van der Waals surface area contributed by atoms with Crippen LogP contribution in [0.3, 0.4) is 0 Å². The summed E-state index contributed by atoms with van der Waals surface area (Å²) in [6.45, 7) is 13.4. The summed E-state index contributed by atoms with van der Waals surface area (Å²) in [5, 5.41) is 9.11. The van der Waals surface area contributed by atoms with Crippen LogP contribution in [0, 0.1) is 5.92 Å². The standard InChI is InChI=1S/C20H28O7/c1-13(2)16(20(7,25-18(22)23)24-17(21)14(3)4)26-27-19(5,6)15-11-9-8-10-12-15/h8-13,16H,3H2,1-2,4-7H3,(H,22,23). The average molecular weight is 380 g/mol. The van der Waals surface area contributed by atoms with Gasteiger partial charge in [0, 0.05) is 12.5 Å². The van der Waals surface area contributed by atoms with Crippen LogP contribution >= 0.6 is 0 Å². The minimum Gasteiger partial charge on any atom is -0.450 e. The molecule has 1 N–H and O–H groups in total. The summed E-state index contributed by atoms with van der Waals surface area (Å²) >= 11 is 0. The van der Waals surface area contributed by atoms with Crippen molar-refractivity contribution >= 4 is 12.1 Å². The Kier molecular flexibility index (Phi) is 7.56. The second kappa shape index (κ2) is 9.01. The van der Waals surface area contributed by atoms with Gasteiger partial charge in [-0.3, -0.25) is 0 Å². The maximum atomic E-state index is 12.0. The molecule has 0 amide bonds. The first-order valence-corrected chi connectivity index (χ1v) is 8.60. The molecule has 0 radical (unpaired) electrons. The maximum absolute atomic E-state index is 12.0. The normalized spacial score (nSPS) is 14.9. The number of carboxylic acid groups (broad SMARTS) is 1. The summed E-state index contributed by atoms with van der Waals surface area (Å²) in [6.07, 6.45) is -2.64. The number of esters is 1. The minimum atomic E-state index is -1.93. The summed E-state index contributed by atoms with van der Waals surface area (Å²) in [7, 11) is 0. The first-order valence-electron chi connectivity index (χ1n) is 8.60. The zero-order valence-corrected chi connectivity index (χ0v) is 16.6. The van der Waals surface area contributed by atoms with Crippen LogP contribution in [-0.4, -0.2) is 29.1 Å². The number of hydrogen-bond acceptors (Lipinski definition) is 6. The lowest BCUT2D eigenvalue weighted by atomic mass is 9.98. The van der Waals surface area contributed by atoms with Crippen molar-refractivity contribution in [3.8, 4) is 0 Å². The first-order chi connectivity index (χ1) is 12.4. The molecular formula is C20H28O7. The van der Waals surface area contributed by atoms with Gasteiger partial charge in [0.2, 0.25) is 0 Å². The highest BCUT2D eigenvalue weighted by atomic mass is 17.2. The van der Waals surface area contributed by atoms with Crippen LogP contribution in [-0.2, 0) is 29.6 Å². The Labute approximate surface area is 159 Å². The Balaban J connectivity index is 3.08. The van der Waals surface area contributed by atoms with Crippen LogP contribution in [0.1, 0.15) is 47.1 Å². The molecule has 0 aliphatic heterocycles. The number of carbonyl (C=O) groups is 2. The van der Waals surface area contributed by atoms with Gasteiger partial charge >= 0.3 is 12.1 Å². The summed E-state index contributed by atoms with van der Waals surface area (Å²) in [6, 6.07) is 9.37. The summed E-state index contributed by atoms with van der Waals surface area (Å²) < 4.78 is 10.1. The molecule has 0 aliphatic rings. The van der Waals surface area contributed by atoms with Crippen LogP contribution < -0.4 is 0 Å². The van der Waals surface area contributed by atoms with Gasteiger partial charge in [-0.2, -0.15) is 0 Å².